The van der Waals surface area contributed by atoms with Crippen molar-refractivity contribution in [2.75, 3.05) is 0 Å². The molecule has 0 fully saturated rings. The lowest BCUT2D eigenvalue weighted by Crippen LogP contribution is -1.99. The third-order valence-corrected chi connectivity index (χ3v) is 5.21. The molecule has 0 amide bonds. The van der Waals surface area contributed by atoms with E-state index in [1.54, 1.807) is 6.92 Å². The topological polar surface area (TPSA) is 17.1 Å². The van der Waals surface area contributed by atoms with Gasteiger partial charge in [-0.1, -0.05) is 65.7 Å². The molecule has 2 heteroatoms. The summed E-state index contributed by atoms with van der Waals surface area (Å²) >= 11 is 0.755. The highest BCUT2D eigenvalue weighted by molar-refractivity contribution is 6.35. The lowest BCUT2D eigenvalue weighted by molar-refractivity contribution is -0.117. The van der Waals surface area contributed by atoms with Crippen molar-refractivity contribution in [3.05, 3.63) is 0 Å². The quantitative estimate of drug-likeness (QED) is 0.405. The Bertz CT molecular complexity index is 168. The Morgan fingerprint density at radius 3 is 1.78 bits per heavy atom. The van der Waals surface area contributed by atoms with E-state index < -0.39 is 0 Å². The van der Waals surface area contributed by atoms with Crippen LogP contribution in [0.15, 0.2) is 0 Å². The Balaban J connectivity index is 0. The molecule has 0 heterocycles. The first kappa shape index (κ1) is 20.5. The molecule has 0 N–H and O–H groups in total. The second-order valence-corrected chi connectivity index (χ2v) is 7.58. The molecule has 1 radical (unpaired) electrons. The SMILES string of the molecule is CC(C)[CH2][Al][CH2]C(C)C.CCCCCCC(C)=O. The van der Waals surface area contributed by atoms with Gasteiger partial charge < -0.3 is 4.79 Å². The molecule has 18 heavy (non-hydrogen) atoms. The van der Waals surface area contributed by atoms with Gasteiger partial charge in [0.15, 0.2) is 0 Å². The summed E-state index contributed by atoms with van der Waals surface area (Å²) in [6.45, 7) is 13.1. The van der Waals surface area contributed by atoms with Crippen LogP contribution in [-0.2, 0) is 4.79 Å². The van der Waals surface area contributed by atoms with Crippen molar-refractivity contribution in [2.45, 2.75) is 84.2 Å². The van der Waals surface area contributed by atoms with Gasteiger partial charge >= 0.3 is 0 Å². The first-order chi connectivity index (χ1) is 8.40. The molecule has 0 spiro atoms. The molecule has 0 bridgehead atoms. The van der Waals surface area contributed by atoms with Crippen LogP contribution in [0, 0.1) is 11.8 Å². The number of hydrogen-bond donors (Lipinski definition) is 0. The minimum absolute atomic E-state index is 0.325. The minimum Gasteiger partial charge on any atom is -0.300 e. The molecule has 1 nitrogen and oxygen atoms in total. The van der Waals surface area contributed by atoms with Gasteiger partial charge in [0, 0.05) is 6.42 Å². The van der Waals surface area contributed by atoms with Crippen LogP contribution in [0.25, 0.3) is 0 Å². The molecule has 0 aliphatic rings. The van der Waals surface area contributed by atoms with Crippen LogP contribution in [-0.4, -0.2) is 21.0 Å². The molecule has 107 valence electrons. The van der Waals surface area contributed by atoms with Crippen LogP contribution in [0.3, 0.4) is 0 Å². The van der Waals surface area contributed by atoms with E-state index in [4.69, 9.17) is 0 Å². The zero-order chi connectivity index (χ0) is 14.4. The second kappa shape index (κ2) is 15.3. The fraction of sp³-hybridized carbons (Fsp3) is 0.938. The van der Waals surface area contributed by atoms with Crippen molar-refractivity contribution in [3.63, 3.8) is 0 Å². The number of rotatable bonds is 9. The van der Waals surface area contributed by atoms with Crippen molar-refractivity contribution in [1.82, 2.24) is 0 Å². The van der Waals surface area contributed by atoms with E-state index in [0.29, 0.717) is 5.78 Å². The molecule has 0 unspecified atom stereocenters. The van der Waals surface area contributed by atoms with Crippen molar-refractivity contribution in [3.8, 4) is 0 Å². The molecule has 0 aromatic carbocycles. The van der Waals surface area contributed by atoms with Gasteiger partial charge in [-0.25, -0.2) is 0 Å². The van der Waals surface area contributed by atoms with Gasteiger partial charge in [-0.2, -0.15) is 0 Å². The summed E-state index contributed by atoms with van der Waals surface area (Å²) in [6, 6.07) is 0. The van der Waals surface area contributed by atoms with E-state index >= 15 is 0 Å². The van der Waals surface area contributed by atoms with E-state index in [0.717, 1.165) is 39.9 Å². The van der Waals surface area contributed by atoms with E-state index in [1.165, 1.54) is 29.8 Å². The molecular formula is C16H34AlO. The Labute approximate surface area is 122 Å². The fourth-order valence-electron chi connectivity index (χ4n) is 1.56. The van der Waals surface area contributed by atoms with Crippen LogP contribution in [0.5, 0.6) is 0 Å². The van der Waals surface area contributed by atoms with Gasteiger partial charge in [0.2, 0.25) is 15.2 Å². The number of carbonyl (C=O) groups is 1. The van der Waals surface area contributed by atoms with Gasteiger partial charge in [0.25, 0.3) is 0 Å². The van der Waals surface area contributed by atoms with Crippen LogP contribution >= 0.6 is 0 Å². The Hall–Kier alpha value is 0.202. The third kappa shape index (κ3) is 25.1. The summed E-state index contributed by atoms with van der Waals surface area (Å²) < 4.78 is 0. The molecule has 0 aliphatic carbocycles. The first-order valence-electron chi connectivity index (χ1n) is 7.71. The van der Waals surface area contributed by atoms with Gasteiger partial charge in [0.1, 0.15) is 5.78 Å². The van der Waals surface area contributed by atoms with Crippen molar-refractivity contribution < 1.29 is 4.79 Å². The summed E-state index contributed by atoms with van der Waals surface area (Å²) in [6.07, 6.45) is 5.60. The Morgan fingerprint density at radius 1 is 0.944 bits per heavy atom. The molecule has 0 aromatic heterocycles. The maximum Gasteiger partial charge on any atom is 0.200 e. The van der Waals surface area contributed by atoms with Crippen molar-refractivity contribution in [2.24, 2.45) is 11.8 Å². The smallest absolute Gasteiger partial charge is 0.200 e. The molecule has 0 saturated carbocycles. The zero-order valence-corrected chi connectivity index (χ0v) is 14.7. The predicted octanol–water partition coefficient (Wildman–Crippen LogP) is 5.39. The second-order valence-electron chi connectivity index (χ2n) is 6.06. The summed E-state index contributed by atoms with van der Waals surface area (Å²) in [7, 11) is 0. The monoisotopic (exact) mass is 269 g/mol. The van der Waals surface area contributed by atoms with E-state index in [-0.39, 0.29) is 0 Å². The molecule has 0 atom stereocenters. The molecular weight excluding hydrogens is 235 g/mol. The standard InChI is InChI=1S/C8H16O.2C4H9.Al/c1-3-4-5-6-7-8(2)9;2*1-4(2)3;/h3-7H2,1-2H3;2*4H,1H2,2-3H3;. The zero-order valence-electron chi connectivity index (χ0n) is 13.6. The molecule has 0 aromatic rings. The third-order valence-electron chi connectivity index (χ3n) is 2.66. The molecule has 0 rings (SSSR count). The number of hydrogen-bond acceptors (Lipinski definition) is 1. The minimum atomic E-state index is 0.325. The normalized spacial score (nSPS) is 10.2. The van der Waals surface area contributed by atoms with Crippen LogP contribution in [0.4, 0.5) is 0 Å². The highest BCUT2D eigenvalue weighted by Gasteiger charge is 1.98. The van der Waals surface area contributed by atoms with Crippen molar-refractivity contribution >= 4 is 21.0 Å². The first-order valence-corrected chi connectivity index (χ1v) is 9.34. The maximum atomic E-state index is 10.4. The summed E-state index contributed by atoms with van der Waals surface area (Å²) in [5.74, 6) is 2.18. The largest absolute Gasteiger partial charge is 0.300 e. The summed E-state index contributed by atoms with van der Waals surface area (Å²) in [4.78, 5) is 10.4. The van der Waals surface area contributed by atoms with Crippen molar-refractivity contribution in [1.29, 1.82) is 0 Å². The maximum absolute atomic E-state index is 10.4. The van der Waals surface area contributed by atoms with E-state index in [2.05, 4.69) is 34.6 Å². The number of Topliss-reactive ketones (excluding diaryl/α,β-unsaturated/α-hetero) is 1. The number of unbranched alkanes of at least 4 members (excludes halogenated alkanes) is 3. The highest BCUT2D eigenvalue weighted by atomic mass is 27.1. The molecule has 0 saturated heterocycles. The lowest BCUT2D eigenvalue weighted by Gasteiger charge is -2.03. The van der Waals surface area contributed by atoms with E-state index in [9.17, 15) is 4.79 Å². The number of carbonyl (C=O) groups excluding carboxylic acids is 1. The van der Waals surface area contributed by atoms with Gasteiger partial charge in [0.05, 0.1) is 0 Å². The summed E-state index contributed by atoms with van der Waals surface area (Å²) in [5, 5.41) is 2.97. The fourth-order valence-corrected chi connectivity index (χ4v) is 3.09. The number of ketones is 1. The summed E-state index contributed by atoms with van der Waals surface area (Å²) in [5.41, 5.74) is 0. The highest BCUT2D eigenvalue weighted by Crippen LogP contribution is 2.05. The lowest BCUT2D eigenvalue weighted by atomic mass is 10.1. The van der Waals surface area contributed by atoms with Crippen LogP contribution in [0.2, 0.25) is 10.6 Å². The van der Waals surface area contributed by atoms with Gasteiger partial charge in [-0.15, -0.1) is 10.6 Å². The Kier molecular flexibility index (Phi) is 17.4. The van der Waals surface area contributed by atoms with Crippen LogP contribution in [0.1, 0.15) is 73.6 Å². The average molecular weight is 269 g/mol. The van der Waals surface area contributed by atoms with Gasteiger partial charge in [-0.05, 0) is 13.3 Å². The van der Waals surface area contributed by atoms with Gasteiger partial charge in [-0.3, -0.25) is 0 Å². The van der Waals surface area contributed by atoms with E-state index in [1.807, 2.05) is 0 Å². The predicted molar refractivity (Wildman–Crippen MR) is 84.5 cm³/mol. The van der Waals surface area contributed by atoms with Crippen LogP contribution < -0.4 is 0 Å². The molecule has 0 aliphatic heterocycles. The average Bonchev–Trinajstić information content (AvgIpc) is 2.24. The Morgan fingerprint density at radius 2 is 1.44 bits per heavy atom.